The van der Waals surface area contributed by atoms with Crippen molar-refractivity contribution in [2.24, 2.45) is 5.92 Å². The molecule has 94 valence electrons. The largest absolute Gasteiger partial charge is 0.312 e. The van der Waals surface area contributed by atoms with Crippen LogP contribution in [0.5, 0.6) is 0 Å². The van der Waals surface area contributed by atoms with E-state index >= 15 is 0 Å². The van der Waals surface area contributed by atoms with Crippen molar-refractivity contribution in [2.45, 2.75) is 57.9 Å². The lowest BCUT2D eigenvalue weighted by molar-refractivity contribution is 0.238. The first-order valence-electron chi connectivity index (χ1n) is 7.19. The minimum Gasteiger partial charge on any atom is -0.312 e. The summed E-state index contributed by atoms with van der Waals surface area (Å²) in [5.41, 5.74) is 0.456. The van der Waals surface area contributed by atoms with Gasteiger partial charge in [0, 0.05) is 12.1 Å². The normalized spacial score (nSPS) is 36.8. The van der Waals surface area contributed by atoms with Gasteiger partial charge in [-0.15, -0.1) is 0 Å². The average Bonchev–Trinajstić information content (AvgIpc) is 2.75. The highest BCUT2D eigenvalue weighted by Gasteiger charge is 2.28. The van der Waals surface area contributed by atoms with Crippen molar-refractivity contribution >= 4 is 0 Å². The number of likely N-dealkylation sites (tertiary alicyclic amines) is 1. The zero-order valence-electron chi connectivity index (χ0n) is 11.1. The maximum atomic E-state index is 3.73. The summed E-state index contributed by atoms with van der Waals surface area (Å²) in [4.78, 5) is 2.60. The summed E-state index contributed by atoms with van der Waals surface area (Å²) < 4.78 is 0. The van der Waals surface area contributed by atoms with E-state index in [-0.39, 0.29) is 0 Å². The number of piperidine rings is 1. The quantitative estimate of drug-likeness (QED) is 0.790. The molecule has 2 saturated heterocycles. The summed E-state index contributed by atoms with van der Waals surface area (Å²) in [5, 5.41) is 3.73. The first-order valence-corrected chi connectivity index (χ1v) is 7.19. The predicted octanol–water partition coefficient (Wildman–Crippen LogP) is 2.64. The van der Waals surface area contributed by atoms with Gasteiger partial charge in [0.25, 0.3) is 0 Å². The van der Waals surface area contributed by atoms with Gasteiger partial charge >= 0.3 is 0 Å². The van der Waals surface area contributed by atoms with E-state index in [4.69, 9.17) is 0 Å². The van der Waals surface area contributed by atoms with Crippen LogP contribution in [0.3, 0.4) is 0 Å². The van der Waals surface area contributed by atoms with Crippen LogP contribution in [-0.4, -0.2) is 36.6 Å². The first-order chi connectivity index (χ1) is 7.72. The number of nitrogens with one attached hydrogen (secondary N) is 1. The third kappa shape index (κ3) is 3.21. The second-order valence-electron chi connectivity index (χ2n) is 6.03. The van der Waals surface area contributed by atoms with E-state index in [1.807, 2.05) is 0 Å². The maximum absolute atomic E-state index is 3.73. The van der Waals surface area contributed by atoms with Gasteiger partial charge in [-0.25, -0.2) is 0 Å². The average molecular weight is 224 g/mol. The van der Waals surface area contributed by atoms with Crippen LogP contribution in [0.1, 0.15) is 52.4 Å². The van der Waals surface area contributed by atoms with Crippen LogP contribution < -0.4 is 5.32 Å². The van der Waals surface area contributed by atoms with Crippen LogP contribution in [0.4, 0.5) is 0 Å². The molecule has 2 nitrogen and oxygen atoms in total. The zero-order chi connectivity index (χ0) is 11.4. The van der Waals surface area contributed by atoms with E-state index < -0.39 is 0 Å². The second kappa shape index (κ2) is 5.50. The molecule has 0 radical (unpaired) electrons. The molecule has 0 aromatic rings. The molecular weight excluding hydrogens is 196 g/mol. The van der Waals surface area contributed by atoms with Crippen LogP contribution >= 0.6 is 0 Å². The third-order valence-electron chi connectivity index (χ3n) is 4.63. The van der Waals surface area contributed by atoms with E-state index in [0.29, 0.717) is 5.54 Å². The van der Waals surface area contributed by atoms with Gasteiger partial charge in [0.1, 0.15) is 0 Å². The Labute approximate surface area is 101 Å². The van der Waals surface area contributed by atoms with Crippen molar-refractivity contribution in [3.63, 3.8) is 0 Å². The van der Waals surface area contributed by atoms with Gasteiger partial charge in [0.15, 0.2) is 0 Å². The minimum absolute atomic E-state index is 0.456. The highest BCUT2D eigenvalue weighted by molar-refractivity contribution is 4.88. The van der Waals surface area contributed by atoms with Gasteiger partial charge in [0.2, 0.25) is 0 Å². The number of hydrogen-bond acceptors (Lipinski definition) is 2. The fourth-order valence-corrected chi connectivity index (χ4v) is 3.29. The molecule has 2 heteroatoms. The summed E-state index contributed by atoms with van der Waals surface area (Å²) in [6, 6.07) is 0. The molecule has 2 aliphatic rings. The highest BCUT2D eigenvalue weighted by atomic mass is 15.1. The van der Waals surface area contributed by atoms with E-state index in [1.54, 1.807) is 0 Å². The Balaban J connectivity index is 1.70. The van der Waals surface area contributed by atoms with Gasteiger partial charge in [-0.2, -0.15) is 0 Å². The van der Waals surface area contributed by atoms with E-state index in [1.165, 1.54) is 64.7 Å². The molecule has 0 saturated carbocycles. The summed E-state index contributed by atoms with van der Waals surface area (Å²) in [6.07, 6.45) is 8.44. The Hall–Kier alpha value is -0.0800. The molecule has 0 bridgehead atoms. The molecule has 0 aliphatic carbocycles. The lowest BCUT2D eigenvalue weighted by Crippen LogP contribution is -2.46. The van der Waals surface area contributed by atoms with Gasteiger partial charge in [0.05, 0.1) is 0 Å². The highest BCUT2D eigenvalue weighted by Crippen LogP contribution is 2.28. The van der Waals surface area contributed by atoms with Crippen LogP contribution in [-0.2, 0) is 0 Å². The predicted molar refractivity (Wildman–Crippen MR) is 69.7 cm³/mol. The molecule has 16 heavy (non-hydrogen) atoms. The molecule has 2 fully saturated rings. The molecular formula is C14H28N2. The Bertz CT molecular complexity index is 209. The number of rotatable bonds is 4. The fourth-order valence-electron chi connectivity index (χ4n) is 3.29. The van der Waals surface area contributed by atoms with Crippen molar-refractivity contribution < 1.29 is 0 Å². The molecule has 2 heterocycles. The van der Waals surface area contributed by atoms with E-state index in [2.05, 4.69) is 24.1 Å². The molecule has 0 aromatic carbocycles. The molecule has 2 aliphatic heterocycles. The first kappa shape index (κ1) is 12.4. The SMILES string of the molecule is CCN1CCC(CCC2(C)CCCCN2)C1. The van der Waals surface area contributed by atoms with E-state index in [0.717, 1.165) is 5.92 Å². The van der Waals surface area contributed by atoms with Gasteiger partial charge in [-0.05, 0) is 64.6 Å². The summed E-state index contributed by atoms with van der Waals surface area (Å²) >= 11 is 0. The van der Waals surface area contributed by atoms with Gasteiger partial charge < -0.3 is 10.2 Å². The Morgan fingerprint density at radius 1 is 1.38 bits per heavy atom. The fraction of sp³-hybridized carbons (Fsp3) is 1.00. The van der Waals surface area contributed by atoms with Crippen LogP contribution in [0.25, 0.3) is 0 Å². The maximum Gasteiger partial charge on any atom is 0.0153 e. The smallest absolute Gasteiger partial charge is 0.0153 e. The van der Waals surface area contributed by atoms with Gasteiger partial charge in [-0.3, -0.25) is 0 Å². The summed E-state index contributed by atoms with van der Waals surface area (Å²) in [5.74, 6) is 0.973. The lowest BCUT2D eigenvalue weighted by atomic mass is 9.84. The molecule has 1 N–H and O–H groups in total. The molecule has 0 spiro atoms. The van der Waals surface area contributed by atoms with Crippen molar-refractivity contribution in [2.75, 3.05) is 26.2 Å². The number of nitrogens with zero attached hydrogens (tertiary/aromatic N) is 1. The second-order valence-corrected chi connectivity index (χ2v) is 6.03. The molecule has 2 rings (SSSR count). The summed E-state index contributed by atoms with van der Waals surface area (Å²) in [7, 11) is 0. The lowest BCUT2D eigenvalue weighted by Gasteiger charge is -2.36. The van der Waals surface area contributed by atoms with Crippen molar-refractivity contribution in [1.82, 2.24) is 10.2 Å². The summed E-state index contributed by atoms with van der Waals surface area (Å²) in [6.45, 7) is 9.89. The van der Waals surface area contributed by atoms with Crippen LogP contribution in [0.2, 0.25) is 0 Å². The van der Waals surface area contributed by atoms with Gasteiger partial charge in [-0.1, -0.05) is 13.3 Å². The topological polar surface area (TPSA) is 15.3 Å². The Kier molecular flexibility index (Phi) is 4.26. The zero-order valence-corrected chi connectivity index (χ0v) is 11.1. The minimum atomic E-state index is 0.456. The monoisotopic (exact) mass is 224 g/mol. The standard InChI is InChI=1S/C14H28N2/c1-3-16-11-7-13(12-16)6-9-14(2)8-4-5-10-15-14/h13,15H,3-12H2,1-2H3. The van der Waals surface area contributed by atoms with Crippen molar-refractivity contribution in [1.29, 1.82) is 0 Å². The number of hydrogen-bond donors (Lipinski definition) is 1. The van der Waals surface area contributed by atoms with Crippen molar-refractivity contribution in [3.8, 4) is 0 Å². The third-order valence-corrected chi connectivity index (χ3v) is 4.63. The Morgan fingerprint density at radius 3 is 2.88 bits per heavy atom. The van der Waals surface area contributed by atoms with Crippen LogP contribution in [0.15, 0.2) is 0 Å². The molecule has 0 amide bonds. The Morgan fingerprint density at radius 2 is 2.25 bits per heavy atom. The molecule has 2 unspecified atom stereocenters. The van der Waals surface area contributed by atoms with Crippen LogP contribution in [0, 0.1) is 5.92 Å². The molecule has 2 atom stereocenters. The van der Waals surface area contributed by atoms with Crippen molar-refractivity contribution in [3.05, 3.63) is 0 Å². The van der Waals surface area contributed by atoms with E-state index in [9.17, 15) is 0 Å². The molecule has 0 aromatic heterocycles.